The fourth-order valence-electron chi connectivity index (χ4n) is 1.75. The second-order valence-electron chi connectivity index (χ2n) is 4.10. The third-order valence-corrected chi connectivity index (χ3v) is 3.13. The van der Waals surface area contributed by atoms with Crippen molar-refractivity contribution in [3.05, 3.63) is 64.1 Å². The molecule has 0 aliphatic carbocycles. The first-order valence-electron chi connectivity index (χ1n) is 5.73. The van der Waals surface area contributed by atoms with E-state index in [4.69, 9.17) is 0 Å². The Balaban J connectivity index is 2.25. The van der Waals surface area contributed by atoms with Gasteiger partial charge >= 0.3 is 0 Å². The molecule has 0 spiro atoms. The maximum atomic E-state index is 11.7. The maximum Gasteiger partial charge on any atom is 0.250 e. The van der Waals surface area contributed by atoms with E-state index in [2.05, 4.69) is 40.4 Å². The normalized spacial score (nSPS) is 10.5. The predicted octanol–water partition coefficient (Wildman–Crippen LogP) is 1.96. The number of pyridine rings is 1. The van der Waals surface area contributed by atoms with E-state index in [1.54, 1.807) is 10.6 Å². The van der Waals surface area contributed by atoms with Crippen molar-refractivity contribution in [2.75, 3.05) is 0 Å². The molecule has 0 radical (unpaired) electrons. The van der Waals surface area contributed by atoms with Crippen molar-refractivity contribution in [1.82, 2.24) is 4.57 Å². The van der Waals surface area contributed by atoms with E-state index < -0.39 is 0 Å². The summed E-state index contributed by atoms with van der Waals surface area (Å²) < 4.78 is 1.73. The third-order valence-electron chi connectivity index (χ3n) is 2.79. The van der Waals surface area contributed by atoms with E-state index in [1.807, 2.05) is 12.3 Å². The number of aryl methyl sites for hydroxylation is 1. The average Bonchev–Trinajstić information content (AvgIpc) is 2.35. The van der Waals surface area contributed by atoms with Crippen LogP contribution in [-0.4, -0.2) is 4.57 Å². The fraction of sp³-hybridized carbons (Fsp3) is 0.214. The van der Waals surface area contributed by atoms with Crippen LogP contribution in [0.3, 0.4) is 0 Å². The molecule has 2 rings (SSSR count). The van der Waals surface area contributed by atoms with Gasteiger partial charge in [-0.25, -0.2) is 0 Å². The molecule has 0 aliphatic rings. The lowest BCUT2D eigenvalue weighted by Gasteiger charge is -2.07. The highest BCUT2D eigenvalue weighted by Crippen LogP contribution is 2.06. The van der Waals surface area contributed by atoms with Crippen molar-refractivity contribution in [2.24, 2.45) is 0 Å². The van der Waals surface area contributed by atoms with Gasteiger partial charge < -0.3 is 4.57 Å². The molecular weight excluding hydrogens is 229 g/mol. The van der Waals surface area contributed by atoms with Crippen LogP contribution in [0.1, 0.15) is 18.1 Å². The highest BCUT2D eigenvalue weighted by atomic mass is 31.0. The molecule has 1 aromatic heterocycles. The molecule has 1 atom stereocenters. The number of hydrogen-bond donors (Lipinski definition) is 0. The summed E-state index contributed by atoms with van der Waals surface area (Å²) in [6.45, 7) is 2.77. The minimum Gasteiger partial charge on any atom is -0.310 e. The molecule has 1 heterocycles. The van der Waals surface area contributed by atoms with Crippen LogP contribution >= 0.6 is 9.24 Å². The Morgan fingerprint density at radius 3 is 2.35 bits per heavy atom. The van der Waals surface area contributed by atoms with Crippen molar-refractivity contribution in [2.45, 2.75) is 19.9 Å². The number of rotatable bonds is 3. The Morgan fingerprint density at radius 1 is 1.06 bits per heavy atom. The largest absolute Gasteiger partial charge is 0.310 e. The van der Waals surface area contributed by atoms with E-state index in [9.17, 15) is 4.79 Å². The van der Waals surface area contributed by atoms with Gasteiger partial charge in [-0.2, -0.15) is 0 Å². The smallest absolute Gasteiger partial charge is 0.250 e. The minimum atomic E-state index is 0.0377. The second kappa shape index (κ2) is 5.29. The molecule has 2 nitrogen and oxygen atoms in total. The lowest BCUT2D eigenvalue weighted by atomic mass is 10.1. The van der Waals surface area contributed by atoms with E-state index in [0.717, 1.165) is 17.3 Å². The van der Waals surface area contributed by atoms with Gasteiger partial charge in [0.2, 0.25) is 0 Å². The lowest BCUT2D eigenvalue weighted by Crippen LogP contribution is -2.21. The van der Waals surface area contributed by atoms with Crippen LogP contribution in [0.25, 0.3) is 0 Å². The monoisotopic (exact) mass is 245 g/mol. The predicted molar refractivity (Wildman–Crippen MR) is 75.0 cm³/mol. The topological polar surface area (TPSA) is 22.0 Å². The third kappa shape index (κ3) is 3.04. The van der Waals surface area contributed by atoms with Gasteiger partial charge in [-0.05, 0) is 28.9 Å². The molecule has 3 heteroatoms. The summed E-state index contributed by atoms with van der Waals surface area (Å²) in [5, 5.41) is 1.02. The molecular formula is C14H16NOP. The van der Waals surface area contributed by atoms with Crippen molar-refractivity contribution in [3.63, 3.8) is 0 Å². The quantitative estimate of drug-likeness (QED) is 0.758. The zero-order valence-corrected chi connectivity index (χ0v) is 11.0. The van der Waals surface area contributed by atoms with E-state index >= 15 is 0 Å². The number of aromatic nitrogens is 1. The van der Waals surface area contributed by atoms with E-state index in [1.165, 1.54) is 5.56 Å². The molecule has 1 aromatic carbocycles. The summed E-state index contributed by atoms with van der Waals surface area (Å²) in [6.07, 6.45) is 2.90. The molecule has 0 N–H and O–H groups in total. The van der Waals surface area contributed by atoms with Gasteiger partial charge in [0.25, 0.3) is 5.56 Å². The molecule has 0 fully saturated rings. The Hall–Kier alpha value is -1.40. The zero-order chi connectivity index (χ0) is 12.3. The first kappa shape index (κ1) is 12.1. The number of nitrogens with zero attached hydrogens (tertiary/aromatic N) is 1. The SMILES string of the molecule is CCc1ccc(Cn2cc(P)ccc2=O)cc1. The van der Waals surface area contributed by atoms with Gasteiger partial charge in [-0.3, -0.25) is 4.79 Å². The molecule has 0 saturated carbocycles. The van der Waals surface area contributed by atoms with Crippen molar-refractivity contribution < 1.29 is 0 Å². The molecule has 0 bridgehead atoms. The summed E-state index contributed by atoms with van der Waals surface area (Å²) >= 11 is 0. The lowest BCUT2D eigenvalue weighted by molar-refractivity contribution is 0.763. The summed E-state index contributed by atoms with van der Waals surface area (Å²) in [5.74, 6) is 0. The van der Waals surface area contributed by atoms with Crippen LogP contribution in [0.2, 0.25) is 0 Å². The summed E-state index contributed by atoms with van der Waals surface area (Å²) in [5.41, 5.74) is 2.51. The van der Waals surface area contributed by atoms with Crippen molar-refractivity contribution in [1.29, 1.82) is 0 Å². The first-order valence-corrected chi connectivity index (χ1v) is 6.30. The van der Waals surface area contributed by atoms with Gasteiger partial charge in [-0.1, -0.05) is 31.2 Å². The number of benzene rings is 1. The Kier molecular flexibility index (Phi) is 3.75. The van der Waals surface area contributed by atoms with E-state index in [0.29, 0.717) is 6.54 Å². The van der Waals surface area contributed by atoms with Gasteiger partial charge in [0.1, 0.15) is 0 Å². The van der Waals surface area contributed by atoms with Crippen LogP contribution in [0.4, 0.5) is 0 Å². The van der Waals surface area contributed by atoms with Crippen molar-refractivity contribution in [3.8, 4) is 0 Å². The van der Waals surface area contributed by atoms with E-state index in [-0.39, 0.29) is 5.56 Å². The molecule has 0 saturated heterocycles. The Labute approximate surface area is 104 Å². The van der Waals surface area contributed by atoms with Gasteiger partial charge in [-0.15, -0.1) is 9.24 Å². The van der Waals surface area contributed by atoms with Gasteiger partial charge in [0.05, 0.1) is 6.54 Å². The number of hydrogen-bond acceptors (Lipinski definition) is 1. The second-order valence-corrected chi connectivity index (χ2v) is 4.77. The van der Waals surface area contributed by atoms with Crippen LogP contribution < -0.4 is 10.9 Å². The standard InChI is InChI=1S/C14H16NOP/c1-2-11-3-5-12(6-4-11)9-15-10-13(17)7-8-14(15)16/h3-8,10H,2,9,17H2,1H3. The molecule has 17 heavy (non-hydrogen) atoms. The summed E-state index contributed by atoms with van der Waals surface area (Å²) in [6, 6.07) is 11.8. The van der Waals surface area contributed by atoms with Gasteiger partial charge in [0.15, 0.2) is 0 Å². The molecule has 1 unspecified atom stereocenters. The molecule has 2 aromatic rings. The summed E-state index contributed by atoms with van der Waals surface area (Å²) in [7, 11) is 2.61. The molecule has 88 valence electrons. The fourth-order valence-corrected chi connectivity index (χ4v) is 2.03. The highest BCUT2D eigenvalue weighted by molar-refractivity contribution is 7.27. The maximum absolute atomic E-state index is 11.7. The molecule has 0 aliphatic heterocycles. The van der Waals surface area contributed by atoms with Gasteiger partial charge in [0, 0.05) is 12.3 Å². The first-order chi connectivity index (χ1) is 8.19. The summed E-state index contributed by atoms with van der Waals surface area (Å²) in [4.78, 5) is 11.7. The van der Waals surface area contributed by atoms with Crippen LogP contribution in [0.15, 0.2) is 47.4 Å². The van der Waals surface area contributed by atoms with Crippen molar-refractivity contribution >= 4 is 14.5 Å². The Morgan fingerprint density at radius 2 is 1.71 bits per heavy atom. The Bertz CT molecular complexity index is 557. The zero-order valence-electron chi connectivity index (χ0n) is 9.89. The molecule has 0 amide bonds. The van der Waals surface area contributed by atoms with Crippen LogP contribution in [0.5, 0.6) is 0 Å². The van der Waals surface area contributed by atoms with Crippen LogP contribution in [-0.2, 0) is 13.0 Å². The average molecular weight is 245 g/mol. The highest BCUT2D eigenvalue weighted by Gasteiger charge is 1.98. The van der Waals surface area contributed by atoms with Crippen LogP contribution in [0, 0.1) is 0 Å². The minimum absolute atomic E-state index is 0.0377.